The van der Waals surface area contributed by atoms with Crippen molar-refractivity contribution >= 4 is 23.6 Å². The van der Waals surface area contributed by atoms with Crippen molar-refractivity contribution < 1.29 is 23.8 Å². The standard InChI is InChI=1S/C19H20N2O5S/c1-13-4-2-3-5-15(13)26-11-18(22)20-21-19(23)12-27-14-6-7-16-17(10-14)25-9-8-24-16/h2-7,10H,8-9,11-12H2,1H3,(H,20,22)(H,21,23). The highest BCUT2D eigenvalue weighted by Gasteiger charge is 2.13. The molecular weight excluding hydrogens is 368 g/mol. The van der Waals surface area contributed by atoms with Crippen molar-refractivity contribution in [2.24, 2.45) is 0 Å². The molecule has 142 valence electrons. The number of carbonyl (C=O) groups excluding carboxylic acids is 2. The predicted molar refractivity (Wildman–Crippen MR) is 101 cm³/mol. The highest BCUT2D eigenvalue weighted by atomic mass is 32.2. The number of carbonyl (C=O) groups is 2. The van der Waals surface area contributed by atoms with Crippen molar-refractivity contribution in [1.29, 1.82) is 0 Å². The van der Waals surface area contributed by atoms with Crippen LogP contribution in [0.5, 0.6) is 17.2 Å². The molecular formula is C19H20N2O5S. The summed E-state index contributed by atoms with van der Waals surface area (Å²) in [6, 6.07) is 12.9. The van der Waals surface area contributed by atoms with Crippen LogP contribution in [0.1, 0.15) is 5.56 Å². The fraction of sp³-hybridized carbons (Fsp3) is 0.263. The van der Waals surface area contributed by atoms with Gasteiger partial charge >= 0.3 is 0 Å². The van der Waals surface area contributed by atoms with Gasteiger partial charge in [0.15, 0.2) is 18.1 Å². The summed E-state index contributed by atoms with van der Waals surface area (Å²) in [4.78, 5) is 24.6. The minimum absolute atomic E-state index is 0.151. The first-order chi connectivity index (χ1) is 13.1. The first-order valence-corrected chi connectivity index (χ1v) is 9.39. The zero-order valence-corrected chi connectivity index (χ0v) is 15.6. The van der Waals surface area contributed by atoms with Crippen molar-refractivity contribution in [1.82, 2.24) is 10.9 Å². The molecule has 8 heteroatoms. The lowest BCUT2D eigenvalue weighted by molar-refractivity contribution is -0.128. The number of para-hydroxylation sites is 1. The molecule has 2 N–H and O–H groups in total. The van der Waals surface area contributed by atoms with E-state index in [4.69, 9.17) is 14.2 Å². The molecule has 0 saturated heterocycles. The number of hydrogen-bond acceptors (Lipinski definition) is 6. The summed E-state index contributed by atoms with van der Waals surface area (Å²) in [6.45, 7) is 2.76. The van der Waals surface area contributed by atoms with Gasteiger partial charge < -0.3 is 14.2 Å². The van der Waals surface area contributed by atoms with Crippen molar-refractivity contribution in [2.75, 3.05) is 25.6 Å². The lowest BCUT2D eigenvalue weighted by Gasteiger charge is -2.18. The summed E-state index contributed by atoms with van der Waals surface area (Å²) in [7, 11) is 0. The molecule has 0 aromatic heterocycles. The highest BCUT2D eigenvalue weighted by molar-refractivity contribution is 8.00. The topological polar surface area (TPSA) is 85.9 Å². The van der Waals surface area contributed by atoms with E-state index in [0.717, 1.165) is 10.5 Å². The number of rotatable bonds is 6. The van der Waals surface area contributed by atoms with Crippen LogP contribution in [0.3, 0.4) is 0 Å². The Hall–Kier alpha value is -2.87. The third-order valence-electron chi connectivity index (χ3n) is 3.68. The van der Waals surface area contributed by atoms with E-state index in [1.54, 1.807) is 6.07 Å². The summed E-state index contributed by atoms with van der Waals surface area (Å²) in [5.41, 5.74) is 5.64. The SMILES string of the molecule is Cc1ccccc1OCC(=O)NNC(=O)CSc1ccc2c(c1)OCCO2. The monoisotopic (exact) mass is 388 g/mol. The maximum Gasteiger partial charge on any atom is 0.276 e. The van der Waals surface area contributed by atoms with Crippen molar-refractivity contribution in [3.05, 3.63) is 48.0 Å². The van der Waals surface area contributed by atoms with Crippen LogP contribution in [0.2, 0.25) is 0 Å². The quantitative estimate of drug-likeness (QED) is 0.582. The first kappa shape index (κ1) is 18.9. The van der Waals surface area contributed by atoms with E-state index >= 15 is 0 Å². The van der Waals surface area contributed by atoms with E-state index in [9.17, 15) is 9.59 Å². The molecule has 3 rings (SSSR count). The third kappa shape index (κ3) is 5.55. The molecule has 0 saturated carbocycles. The molecule has 2 aromatic carbocycles. The Balaban J connectivity index is 1.38. The number of fused-ring (bicyclic) bond motifs is 1. The Bertz CT molecular complexity index is 827. The van der Waals surface area contributed by atoms with Crippen LogP contribution in [-0.2, 0) is 9.59 Å². The lowest BCUT2D eigenvalue weighted by atomic mass is 10.2. The Labute approximate surface area is 161 Å². The molecule has 0 bridgehead atoms. The van der Waals surface area contributed by atoms with Crippen LogP contribution in [0, 0.1) is 6.92 Å². The van der Waals surface area contributed by atoms with Crippen LogP contribution in [0.25, 0.3) is 0 Å². The molecule has 1 aliphatic heterocycles. The van der Waals surface area contributed by atoms with E-state index in [1.165, 1.54) is 11.8 Å². The maximum absolute atomic E-state index is 11.9. The number of amides is 2. The fourth-order valence-corrected chi connectivity index (χ4v) is 3.06. The van der Waals surface area contributed by atoms with Gasteiger partial charge in [-0.25, -0.2) is 0 Å². The highest BCUT2D eigenvalue weighted by Crippen LogP contribution is 2.34. The number of ether oxygens (including phenoxy) is 3. The predicted octanol–water partition coefficient (Wildman–Crippen LogP) is 2.08. The number of benzene rings is 2. The van der Waals surface area contributed by atoms with Crippen molar-refractivity contribution in [3.8, 4) is 17.2 Å². The Kier molecular flexibility index (Phi) is 6.43. The van der Waals surface area contributed by atoms with E-state index < -0.39 is 5.91 Å². The van der Waals surface area contributed by atoms with Gasteiger partial charge in [-0.2, -0.15) is 0 Å². The lowest BCUT2D eigenvalue weighted by Crippen LogP contribution is -2.44. The van der Waals surface area contributed by atoms with Crippen LogP contribution in [0.4, 0.5) is 0 Å². The largest absolute Gasteiger partial charge is 0.486 e. The van der Waals surface area contributed by atoms with E-state index in [2.05, 4.69) is 10.9 Å². The number of thioether (sulfide) groups is 1. The molecule has 0 fully saturated rings. The summed E-state index contributed by atoms with van der Waals surface area (Å²) in [6.07, 6.45) is 0. The third-order valence-corrected chi connectivity index (χ3v) is 4.67. The molecule has 27 heavy (non-hydrogen) atoms. The molecule has 0 atom stereocenters. The minimum Gasteiger partial charge on any atom is -0.486 e. The molecule has 2 aromatic rings. The summed E-state index contributed by atoms with van der Waals surface area (Å²) in [5.74, 6) is 1.41. The van der Waals surface area contributed by atoms with Gasteiger partial charge in [-0.3, -0.25) is 20.4 Å². The summed E-state index contributed by atoms with van der Waals surface area (Å²) >= 11 is 1.34. The van der Waals surface area contributed by atoms with Crippen LogP contribution in [-0.4, -0.2) is 37.4 Å². The van der Waals surface area contributed by atoms with Gasteiger partial charge in [0.25, 0.3) is 5.91 Å². The second-order valence-corrected chi connectivity index (χ2v) is 6.79. The molecule has 1 heterocycles. The van der Waals surface area contributed by atoms with Crippen molar-refractivity contribution in [2.45, 2.75) is 11.8 Å². The van der Waals surface area contributed by atoms with Crippen molar-refractivity contribution in [3.63, 3.8) is 0 Å². The number of hydrogen-bond donors (Lipinski definition) is 2. The van der Waals surface area contributed by atoms with Gasteiger partial charge in [-0.1, -0.05) is 18.2 Å². The van der Waals surface area contributed by atoms with Crippen LogP contribution >= 0.6 is 11.8 Å². The molecule has 7 nitrogen and oxygen atoms in total. The average molecular weight is 388 g/mol. The number of aryl methyl sites for hydroxylation is 1. The molecule has 2 amide bonds. The van der Waals surface area contributed by atoms with Crippen LogP contribution < -0.4 is 25.1 Å². The first-order valence-electron chi connectivity index (χ1n) is 8.40. The zero-order chi connectivity index (χ0) is 19.1. The van der Waals surface area contributed by atoms with Gasteiger partial charge in [-0.15, -0.1) is 11.8 Å². The number of nitrogens with one attached hydrogen (secondary N) is 2. The molecule has 0 spiro atoms. The normalized spacial score (nSPS) is 12.2. The Morgan fingerprint density at radius 2 is 1.78 bits per heavy atom. The average Bonchev–Trinajstić information content (AvgIpc) is 2.70. The smallest absolute Gasteiger partial charge is 0.276 e. The van der Waals surface area contributed by atoms with Gasteiger partial charge in [0.2, 0.25) is 5.91 Å². The van der Waals surface area contributed by atoms with Gasteiger partial charge in [-0.05, 0) is 36.8 Å². The summed E-state index contributed by atoms with van der Waals surface area (Å²) < 4.78 is 16.4. The van der Waals surface area contributed by atoms with E-state index in [0.29, 0.717) is 30.5 Å². The van der Waals surface area contributed by atoms with Gasteiger partial charge in [0.05, 0.1) is 5.75 Å². The Morgan fingerprint density at radius 3 is 2.59 bits per heavy atom. The molecule has 0 unspecified atom stereocenters. The maximum atomic E-state index is 11.9. The molecule has 1 aliphatic rings. The van der Waals surface area contributed by atoms with Gasteiger partial charge in [0.1, 0.15) is 19.0 Å². The molecule has 0 aliphatic carbocycles. The van der Waals surface area contributed by atoms with E-state index in [-0.39, 0.29) is 18.3 Å². The van der Waals surface area contributed by atoms with Crippen LogP contribution in [0.15, 0.2) is 47.4 Å². The molecule has 0 radical (unpaired) electrons. The summed E-state index contributed by atoms with van der Waals surface area (Å²) in [5, 5.41) is 0. The van der Waals surface area contributed by atoms with Gasteiger partial charge in [0, 0.05) is 4.90 Å². The second-order valence-electron chi connectivity index (χ2n) is 5.74. The fourth-order valence-electron chi connectivity index (χ4n) is 2.34. The second kappa shape index (κ2) is 9.18. The Morgan fingerprint density at radius 1 is 1.04 bits per heavy atom. The number of hydrazine groups is 1. The zero-order valence-electron chi connectivity index (χ0n) is 14.8. The minimum atomic E-state index is -0.434. The van der Waals surface area contributed by atoms with E-state index in [1.807, 2.05) is 43.3 Å².